The molecule has 118 valence electrons. The maximum Gasteiger partial charge on any atom is 0.236 e. The monoisotopic (exact) mass is 325 g/mol. The highest BCUT2D eigenvalue weighted by Gasteiger charge is 2.22. The molecule has 8 heteroatoms. The predicted molar refractivity (Wildman–Crippen MR) is 82.5 cm³/mol. The standard InChI is InChI=1S/C12H23N3O3S.ClH/c1-3-15(4-2)19(17,18)10-12(16)14-9-11-5-7-13-8-6-11;/h5,13H,3-4,6-10H2,1-2H3,(H,14,16);1H. The molecule has 0 saturated heterocycles. The molecule has 2 N–H and O–H groups in total. The topological polar surface area (TPSA) is 78.5 Å². The van der Waals surface area contributed by atoms with Gasteiger partial charge in [0, 0.05) is 26.2 Å². The zero-order chi connectivity index (χ0) is 14.3. The summed E-state index contributed by atoms with van der Waals surface area (Å²) in [6.07, 6.45) is 2.92. The Labute approximate surface area is 127 Å². The van der Waals surface area contributed by atoms with Crippen LogP contribution in [-0.4, -0.2) is 57.1 Å². The molecule has 0 aromatic rings. The maximum absolute atomic E-state index is 11.9. The average Bonchev–Trinajstić information content (AvgIpc) is 2.38. The molecular weight excluding hydrogens is 302 g/mol. The van der Waals surface area contributed by atoms with Crippen molar-refractivity contribution in [1.29, 1.82) is 0 Å². The van der Waals surface area contributed by atoms with E-state index in [1.165, 1.54) is 4.31 Å². The molecule has 0 bridgehead atoms. The molecule has 1 amide bonds. The number of hydrogen-bond acceptors (Lipinski definition) is 4. The molecule has 0 unspecified atom stereocenters. The minimum absolute atomic E-state index is 0. The van der Waals surface area contributed by atoms with Crippen LogP contribution < -0.4 is 10.6 Å². The summed E-state index contributed by atoms with van der Waals surface area (Å²) in [6, 6.07) is 0. The lowest BCUT2D eigenvalue weighted by Gasteiger charge is -2.18. The Hall–Kier alpha value is -0.630. The number of nitrogens with one attached hydrogen (secondary N) is 2. The summed E-state index contributed by atoms with van der Waals surface area (Å²) in [5.41, 5.74) is 1.15. The summed E-state index contributed by atoms with van der Waals surface area (Å²) < 4.78 is 25.1. The van der Waals surface area contributed by atoms with Gasteiger partial charge in [0.1, 0.15) is 5.75 Å². The van der Waals surface area contributed by atoms with E-state index in [0.717, 1.165) is 25.1 Å². The van der Waals surface area contributed by atoms with Gasteiger partial charge in [-0.1, -0.05) is 25.5 Å². The lowest BCUT2D eigenvalue weighted by Crippen LogP contribution is -2.40. The number of carbonyl (C=O) groups excluding carboxylic acids is 1. The number of carbonyl (C=O) groups is 1. The molecular formula is C12H24ClN3O3S. The third kappa shape index (κ3) is 6.21. The van der Waals surface area contributed by atoms with E-state index in [1.54, 1.807) is 13.8 Å². The van der Waals surface area contributed by atoms with Gasteiger partial charge in [-0.15, -0.1) is 12.4 Å². The molecule has 0 aliphatic carbocycles. The first-order valence-corrected chi connectivity index (χ1v) is 8.23. The SMILES string of the molecule is CCN(CC)S(=O)(=O)CC(=O)NCC1=CCNCC1.Cl. The lowest BCUT2D eigenvalue weighted by atomic mass is 10.1. The predicted octanol–water partition coefficient (Wildman–Crippen LogP) is 0.116. The van der Waals surface area contributed by atoms with Crippen molar-refractivity contribution >= 4 is 28.3 Å². The summed E-state index contributed by atoms with van der Waals surface area (Å²) >= 11 is 0. The normalized spacial score (nSPS) is 15.4. The smallest absolute Gasteiger partial charge is 0.236 e. The molecule has 1 rings (SSSR count). The van der Waals surface area contributed by atoms with Gasteiger partial charge in [0.25, 0.3) is 0 Å². The van der Waals surface area contributed by atoms with E-state index in [1.807, 2.05) is 6.08 Å². The molecule has 0 atom stereocenters. The number of nitrogens with zero attached hydrogens (tertiary/aromatic N) is 1. The molecule has 6 nitrogen and oxygen atoms in total. The second-order valence-electron chi connectivity index (χ2n) is 4.43. The Kier molecular flexibility index (Phi) is 9.04. The maximum atomic E-state index is 11.9. The largest absolute Gasteiger partial charge is 0.351 e. The number of amides is 1. The summed E-state index contributed by atoms with van der Waals surface area (Å²) in [5.74, 6) is -0.911. The molecule has 0 aromatic heterocycles. The van der Waals surface area contributed by atoms with Crippen LogP contribution in [0.4, 0.5) is 0 Å². The van der Waals surface area contributed by atoms with Crippen LogP contribution in [0.2, 0.25) is 0 Å². The summed E-state index contributed by atoms with van der Waals surface area (Å²) in [6.45, 7) is 6.46. The van der Waals surface area contributed by atoms with Gasteiger partial charge in [0.15, 0.2) is 0 Å². The van der Waals surface area contributed by atoms with Crippen molar-refractivity contribution in [2.75, 3.05) is 38.5 Å². The van der Waals surface area contributed by atoms with Gasteiger partial charge < -0.3 is 10.6 Å². The van der Waals surface area contributed by atoms with Gasteiger partial charge in [-0.05, 0) is 13.0 Å². The van der Waals surface area contributed by atoms with Crippen LogP contribution in [0.15, 0.2) is 11.6 Å². The van der Waals surface area contributed by atoms with Crippen LogP contribution in [0.5, 0.6) is 0 Å². The van der Waals surface area contributed by atoms with Crippen molar-refractivity contribution in [3.63, 3.8) is 0 Å². The molecule has 1 heterocycles. The van der Waals surface area contributed by atoms with Gasteiger partial charge >= 0.3 is 0 Å². The van der Waals surface area contributed by atoms with Crippen molar-refractivity contribution in [2.45, 2.75) is 20.3 Å². The number of sulfonamides is 1. The zero-order valence-electron chi connectivity index (χ0n) is 12.0. The van der Waals surface area contributed by atoms with Crippen LogP contribution in [0.25, 0.3) is 0 Å². The van der Waals surface area contributed by atoms with Crippen LogP contribution in [0, 0.1) is 0 Å². The van der Waals surface area contributed by atoms with E-state index in [9.17, 15) is 13.2 Å². The highest BCUT2D eigenvalue weighted by atomic mass is 35.5. The van der Waals surface area contributed by atoms with E-state index >= 15 is 0 Å². The fraction of sp³-hybridized carbons (Fsp3) is 0.750. The van der Waals surface area contributed by atoms with E-state index in [0.29, 0.717) is 19.6 Å². The van der Waals surface area contributed by atoms with E-state index in [-0.39, 0.29) is 12.4 Å². The van der Waals surface area contributed by atoms with Crippen molar-refractivity contribution in [3.05, 3.63) is 11.6 Å². The molecule has 1 aliphatic heterocycles. The number of halogens is 1. The molecule has 1 aliphatic rings. The third-order valence-corrected chi connectivity index (χ3v) is 5.01. The van der Waals surface area contributed by atoms with Crippen LogP contribution in [0.3, 0.4) is 0 Å². The summed E-state index contributed by atoms with van der Waals surface area (Å²) in [4.78, 5) is 11.7. The van der Waals surface area contributed by atoms with Gasteiger partial charge in [0.2, 0.25) is 15.9 Å². The second-order valence-corrected chi connectivity index (χ2v) is 6.40. The van der Waals surface area contributed by atoms with E-state index in [2.05, 4.69) is 10.6 Å². The summed E-state index contributed by atoms with van der Waals surface area (Å²) in [7, 11) is -3.49. The zero-order valence-corrected chi connectivity index (χ0v) is 13.6. The lowest BCUT2D eigenvalue weighted by molar-refractivity contribution is -0.118. The van der Waals surface area contributed by atoms with Crippen molar-refractivity contribution < 1.29 is 13.2 Å². The van der Waals surface area contributed by atoms with Crippen LogP contribution >= 0.6 is 12.4 Å². The first-order valence-electron chi connectivity index (χ1n) is 6.62. The molecule has 0 spiro atoms. The quantitative estimate of drug-likeness (QED) is 0.652. The van der Waals surface area contributed by atoms with Crippen LogP contribution in [0.1, 0.15) is 20.3 Å². The molecule has 0 saturated carbocycles. The molecule has 0 radical (unpaired) electrons. The van der Waals surface area contributed by atoms with Gasteiger partial charge in [-0.3, -0.25) is 4.79 Å². The number of hydrogen-bond donors (Lipinski definition) is 2. The molecule has 20 heavy (non-hydrogen) atoms. The van der Waals surface area contributed by atoms with Gasteiger partial charge in [-0.25, -0.2) is 12.7 Å². The van der Waals surface area contributed by atoms with E-state index in [4.69, 9.17) is 0 Å². The summed E-state index contributed by atoms with van der Waals surface area (Å²) in [5, 5.41) is 5.85. The fourth-order valence-electron chi connectivity index (χ4n) is 1.97. The average molecular weight is 326 g/mol. The fourth-order valence-corrected chi connectivity index (χ4v) is 3.37. The van der Waals surface area contributed by atoms with Crippen molar-refractivity contribution in [2.24, 2.45) is 0 Å². The highest BCUT2D eigenvalue weighted by molar-refractivity contribution is 7.89. The number of rotatable bonds is 7. The third-order valence-electron chi connectivity index (χ3n) is 3.08. The van der Waals surface area contributed by atoms with Crippen LogP contribution in [-0.2, 0) is 14.8 Å². The molecule has 0 aromatic carbocycles. The van der Waals surface area contributed by atoms with Crippen molar-refractivity contribution in [1.82, 2.24) is 14.9 Å². The highest BCUT2D eigenvalue weighted by Crippen LogP contribution is 2.03. The van der Waals surface area contributed by atoms with Gasteiger partial charge in [-0.2, -0.15) is 0 Å². The Morgan fingerprint density at radius 1 is 1.40 bits per heavy atom. The Bertz CT molecular complexity index is 433. The van der Waals surface area contributed by atoms with Crippen molar-refractivity contribution in [3.8, 4) is 0 Å². The first kappa shape index (κ1) is 19.4. The Morgan fingerprint density at radius 3 is 2.55 bits per heavy atom. The Morgan fingerprint density at radius 2 is 2.05 bits per heavy atom. The second kappa shape index (κ2) is 9.33. The molecule has 0 fully saturated rings. The van der Waals surface area contributed by atoms with E-state index < -0.39 is 21.7 Å². The minimum Gasteiger partial charge on any atom is -0.351 e. The van der Waals surface area contributed by atoms with Gasteiger partial charge in [0.05, 0.1) is 0 Å². The Balaban J connectivity index is 0.00000361. The first-order chi connectivity index (χ1) is 8.99. The minimum atomic E-state index is -3.49.